The number of rotatable bonds is 2. The van der Waals surface area contributed by atoms with Crippen LogP contribution >= 0.6 is 0 Å². The summed E-state index contributed by atoms with van der Waals surface area (Å²) < 4.78 is 0. The highest BCUT2D eigenvalue weighted by atomic mass is 14.4. The van der Waals surface area contributed by atoms with Crippen LogP contribution in [-0.2, 0) is 5.41 Å². The molecule has 15 heavy (non-hydrogen) atoms. The lowest BCUT2D eigenvalue weighted by Crippen LogP contribution is -2.28. The highest BCUT2D eigenvalue weighted by Crippen LogP contribution is 2.45. The summed E-state index contributed by atoms with van der Waals surface area (Å²) in [6.45, 7) is 7.07. The number of fused-ring (bicyclic) bond motifs is 1. The van der Waals surface area contributed by atoms with Crippen LogP contribution in [0.2, 0.25) is 0 Å². The molecule has 0 fully saturated rings. The van der Waals surface area contributed by atoms with E-state index in [0.717, 1.165) is 5.92 Å². The molecule has 0 amide bonds. The predicted octanol–water partition coefficient (Wildman–Crippen LogP) is 4.64. The van der Waals surface area contributed by atoms with Gasteiger partial charge in [-0.3, -0.25) is 0 Å². The van der Waals surface area contributed by atoms with Crippen molar-refractivity contribution < 1.29 is 0 Å². The average Bonchev–Trinajstić information content (AvgIpc) is 2.30. The lowest BCUT2D eigenvalue weighted by atomic mass is 9.66. The van der Waals surface area contributed by atoms with E-state index in [1.165, 1.54) is 25.7 Å². The molecular formula is C15H22. The highest BCUT2D eigenvalue weighted by Gasteiger charge is 2.33. The molecule has 0 heteroatoms. The maximum Gasteiger partial charge on any atom is -0.00748 e. The van der Waals surface area contributed by atoms with Crippen molar-refractivity contribution >= 4 is 0 Å². The second-order valence-corrected chi connectivity index (χ2v) is 5.15. The van der Waals surface area contributed by atoms with Gasteiger partial charge in [0.05, 0.1) is 0 Å². The van der Waals surface area contributed by atoms with Crippen LogP contribution < -0.4 is 0 Å². The zero-order valence-electron chi connectivity index (χ0n) is 10.2. The molecule has 0 N–H and O–H groups in total. The second-order valence-electron chi connectivity index (χ2n) is 5.15. The summed E-state index contributed by atoms with van der Waals surface area (Å²) in [5, 5.41) is 0. The number of hydrogen-bond acceptors (Lipinski definition) is 0. The molecule has 0 bridgehead atoms. The standard InChI is InChI=1S/C15H22/c1-4-12-10-11-15(3,5-2)14-9-7-6-8-13(12)14/h6-9,12H,4-5,10-11H2,1-3H3. The van der Waals surface area contributed by atoms with Crippen molar-refractivity contribution in [2.75, 3.05) is 0 Å². The van der Waals surface area contributed by atoms with E-state index in [4.69, 9.17) is 0 Å². The van der Waals surface area contributed by atoms with Crippen LogP contribution in [0.25, 0.3) is 0 Å². The molecule has 0 aromatic heterocycles. The van der Waals surface area contributed by atoms with Gasteiger partial charge in [-0.05, 0) is 48.1 Å². The van der Waals surface area contributed by atoms with Gasteiger partial charge >= 0.3 is 0 Å². The van der Waals surface area contributed by atoms with Crippen LogP contribution in [-0.4, -0.2) is 0 Å². The normalized spacial score (nSPS) is 29.9. The smallest absolute Gasteiger partial charge is 0.00748 e. The lowest BCUT2D eigenvalue weighted by Gasteiger charge is -2.39. The van der Waals surface area contributed by atoms with Crippen LogP contribution in [0.5, 0.6) is 0 Å². The maximum absolute atomic E-state index is 2.43. The van der Waals surface area contributed by atoms with Gasteiger partial charge in [0.25, 0.3) is 0 Å². The maximum atomic E-state index is 2.43. The van der Waals surface area contributed by atoms with Crippen LogP contribution in [0.1, 0.15) is 63.5 Å². The molecule has 0 saturated heterocycles. The largest absolute Gasteiger partial charge is 0.0648 e. The van der Waals surface area contributed by atoms with Gasteiger partial charge in [-0.15, -0.1) is 0 Å². The quantitative estimate of drug-likeness (QED) is 0.655. The van der Waals surface area contributed by atoms with E-state index < -0.39 is 0 Å². The minimum absolute atomic E-state index is 0.433. The first-order chi connectivity index (χ1) is 7.21. The molecule has 1 aliphatic rings. The van der Waals surface area contributed by atoms with E-state index in [1.54, 1.807) is 11.1 Å². The first-order valence-corrected chi connectivity index (χ1v) is 6.30. The molecule has 0 aliphatic heterocycles. The van der Waals surface area contributed by atoms with E-state index in [0.29, 0.717) is 5.41 Å². The monoisotopic (exact) mass is 202 g/mol. The average molecular weight is 202 g/mol. The van der Waals surface area contributed by atoms with Gasteiger partial charge in [0.15, 0.2) is 0 Å². The molecule has 2 unspecified atom stereocenters. The van der Waals surface area contributed by atoms with E-state index >= 15 is 0 Å². The molecule has 0 radical (unpaired) electrons. The minimum Gasteiger partial charge on any atom is -0.0648 e. The van der Waals surface area contributed by atoms with Gasteiger partial charge in [0.1, 0.15) is 0 Å². The molecule has 0 saturated carbocycles. The summed E-state index contributed by atoms with van der Waals surface area (Å²) in [5.41, 5.74) is 3.67. The molecule has 1 aromatic rings. The molecule has 0 nitrogen and oxygen atoms in total. The van der Waals surface area contributed by atoms with Gasteiger partial charge in [0.2, 0.25) is 0 Å². The van der Waals surface area contributed by atoms with Crippen LogP contribution in [0.3, 0.4) is 0 Å². The van der Waals surface area contributed by atoms with Gasteiger partial charge < -0.3 is 0 Å². The fourth-order valence-corrected chi connectivity index (χ4v) is 2.98. The van der Waals surface area contributed by atoms with E-state index in [2.05, 4.69) is 45.0 Å². The first-order valence-electron chi connectivity index (χ1n) is 6.30. The molecule has 0 heterocycles. The fraction of sp³-hybridized carbons (Fsp3) is 0.600. The van der Waals surface area contributed by atoms with Crippen molar-refractivity contribution in [1.82, 2.24) is 0 Å². The molecule has 0 spiro atoms. The van der Waals surface area contributed by atoms with Crippen molar-refractivity contribution in [3.05, 3.63) is 35.4 Å². The third-order valence-corrected chi connectivity index (χ3v) is 4.37. The highest BCUT2D eigenvalue weighted by molar-refractivity contribution is 5.38. The molecule has 2 atom stereocenters. The Morgan fingerprint density at radius 2 is 2.00 bits per heavy atom. The molecule has 82 valence electrons. The van der Waals surface area contributed by atoms with E-state index in [-0.39, 0.29) is 0 Å². The molecule has 1 aromatic carbocycles. The summed E-state index contributed by atoms with van der Waals surface area (Å²) in [5.74, 6) is 0.806. The first kappa shape index (κ1) is 10.7. The van der Waals surface area contributed by atoms with Gasteiger partial charge in [-0.2, -0.15) is 0 Å². The molecular weight excluding hydrogens is 180 g/mol. The Kier molecular flexibility index (Phi) is 2.86. The second kappa shape index (κ2) is 4.00. The van der Waals surface area contributed by atoms with Gasteiger partial charge in [-0.25, -0.2) is 0 Å². The summed E-state index contributed by atoms with van der Waals surface area (Å²) in [6.07, 6.45) is 5.29. The summed E-state index contributed by atoms with van der Waals surface area (Å²) in [7, 11) is 0. The Morgan fingerprint density at radius 3 is 2.67 bits per heavy atom. The summed E-state index contributed by atoms with van der Waals surface area (Å²) in [6, 6.07) is 9.09. The lowest BCUT2D eigenvalue weighted by molar-refractivity contribution is 0.349. The van der Waals surface area contributed by atoms with Crippen molar-refractivity contribution in [2.45, 2.75) is 57.8 Å². The zero-order chi connectivity index (χ0) is 10.9. The predicted molar refractivity (Wildman–Crippen MR) is 66.4 cm³/mol. The zero-order valence-corrected chi connectivity index (χ0v) is 10.2. The number of hydrogen-bond donors (Lipinski definition) is 0. The van der Waals surface area contributed by atoms with Crippen molar-refractivity contribution in [3.8, 4) is 0 Å². The molecule has 1 aliphatic carbocycles. The SMILES string of the molecule is CCC1CCC(C)(CC)c2ccccc21. The van der Waals surface area contributed by atoms with E-state index in [1.807, 2.05) is 0 Å². The van der Waals surface area contributed by atoms with Gasteiger partial charge in [-0.1, -0.05) is 45.0 Å². The van der Waals surface area contributed by atoms with Crippen LogP contribution in [0, 0.1) is 0 Å². The van der Waals surface area contributed by atoms with E-state index in [9.17, 15) is 0 Å². The van der Waals surface area contributed by atoms with Crippen molar-refractivity contribution in [2.24, 2.45) is 0 Å². The third-order valence-electron chi connectivity index (χ3n) is 4.37. The fourth-order valence-electron chi connectivity index (χ4n) is 2.98. The Morgan fingerprint density at radius 1 is 1.27 bits per heavy atom. The Balaban J connectivity index is 2.48. The van der Waals surface area contributed by atoms with Crippen molar-refractivity contribution in [1.29, 1.82) is 0 Å². The summed E-state index contributed by atoms with van der Waals surface area (Å²) in [4.78, 5) is 0. The minimum atomic E-state index is 0.433. The van der Waals surface area contributed by atoms with Crippen molar-refractivity contribution in [3.63, 3.8) is 0 Å². The Hall–Kier alpha value is -0.780. The summed E-state index contributed by atoms with van der Waals surface area (Å²) >= 11 is 0. The van der Waals surface area contributed by atoms with Crippen LogP contribution in [0.4, 0.5) is 0 Å². The topological polar surface area (TPSA) is 0 Å². The Bertz CT molecular complexity index is 340. The Labute approximate surface area is 93.7 Å². The third kappa shape index (κ3) is 1.71. The molecule has 2 rings (SSSR count). The van der Waals surface area contributed by atoms with Gasteiger partial charge in [0, 0.05) is 0 Å². The van der Waals surface area contributed by atoms with Crippen LogP contribution in [0.15, 0.2) is 24.3 Å². The number of benzene rings is 1.